The van der Waals surface area contributed by atoms with Crippen LogP contribution >= 0.6 is 11.3 Å². The van der Waals surface area contributed by atoms with Gasteiger partial charge in [0.05, 0.1) is 42.3 Å². The molecule has 1 amide bonds. The molecule has 1 fully saturated rings. The smallest absolute Gasteiger partial charge is 0.333 e. The van der Waals surface area contributed by atoms with Crippen molar-refractivity contribution < 1.29 is 23.5 Å². The second-order valence-electron chi connectivity index (χ2n) is 7.44. The molecule has 178 valence electrons. The lowest BCUT2D eigenvalue weighted by Gasteiger charge is -2.26. The Kier molecular flexibility index (Phi) is 7.33. The normalized spacial score (nSPS) is 15.1. The quantitative estimate of drug-likeness (QED) is 0.508. The van der Waals surface area contributed by atoms with Crippen LogP contribution in [0.4, 0.5) is 4.39 Å². The highest BCUT2D eigenvalue weighted by molar-refractivity contribution is 7.07. The van der Waals surface area contributed by atoms with Crippen LogP contribution in [0.3, 0.4) is 0 Å². The van der Waals surface area contributed by atoms with Gasteiger partial charge in [0.25, 0.3) is 5.56 Å². The maximum absolute atomic E-state index is 13.3. The van der Waals surface area contributed by atoms with Gasteiger partial charge in [-0.1, -0.05) is 0 Å². The molecule has 1 aromatic carbocycles. The monoisotopic (exact) mass is 486 g/mol. The molecule has 0 unspecified atom stereocenters. The van der Waals surface area contributed by atoms with E-state index in [0.29, 0.717) is 52.3 Å². The van der Waals surface area contributed by atoms with Crippen LogP contribution in [0.2, 0.25) is 0 Å². The maximum atomic E-state index is 13.3. The summed E-state index contributed by atoms with van der Waals surface area (Å²) in [6.45, 7) is 3.45. The Bertz CT molecular complexity index is 1350. The predicted molar refractivity (Wildman–Crippen MR) is 124 cm³/mol. The third kappa shape index (κ3) is 5.32. The molecule has 0 spiro atoms. The molecule has 0 saturated carbocycles. The van der Waals surface area contributed by atoms with Gasteiger partial charge in [0, 0.05) is 24.2 Å². The topological polar surface area (TPSA) is 107 Å². The standard InChI is InChI=1S/C23H23FN4O5S/c1-2-33-21(30)12-20-28(14-19(29)27-7-9-32-10-8-27)23(31)18(34-20)11-16-13-25-26-22(16)15-3-5-17(24)6-4-15/h3-6,11-13H,2,7-10,14H2,1H3,(H,25,26)/b18-11+,20-12+. The van der Waals surface area contributed by atoms with E-state index in [1.54, 1.807) is 36.2 Å². The average Bonchev–Trinajstić information content (AvgIpc) is 3.40. The van der Waals surface area contributed by atoms with Crippen LogP contribution < -0.4 is 14.8 Å². The largest absolute Gasteiger partial charge is 0.463 e. The first-order valence-corrected chi connectivity index (χ1v) is 11.5. The van der Waals surface area contributed by atoms with Gasteiger partial charge in [0.15, 0.2) is 0 Å². The lowest BCUT2D eigenvalue weighted by Crippen LogP contribution is -2.45. The summed E-state index contributed by atoms with van der Waals surface area (Å²) in [7, 11) is 0. The van der Waals surface area contributed by atoms with Crippen molar-refractivity contribution in [3.63, 3.8) is 0 Å². The molecule has 1 aliphatic heterocycles. The number of ether oxygens (including phenoxy) is 2. The van der Waals surface area contributed by atoms with E-state index in [1.807, 2.05) is 0 Å². The zero-order valence-corrected chi connectivity index (χ0v) is 19.3. The van der Waals surface area contributed by atoms with E-state index in [4.69, 9.17) is 9.47 Å². The van der Waals surface area contributed by atoms with E-state index in [1.165, 1.54) is 22.8 Å². The molecule has 3 heterocycles. The molecule has 0 aliphatic carbocycles. The van der Waals surface area contributed by atoms with Crippen LogP contribution in [0.15, 0.2) is 35.3 Å². The molecule has 1 N–H and O–H groups in total. The van der Waals surface area contributed by atoms with E-state index in [9.17, 15) is 18.8 Å². The number of nitrogens with zero attached hydrogens (tertiary/aromatic N) is 3. The summed E-state index contributed by atoms with van der Waals surface area (Å²) in [4.78, 5) is 39.8. The molecule has 0 bridgehead atoms. The van der Waals surface area contributed by atoms with Gasteiger partial charge in [-0.25, -0.2) is 9.18 Å². The van der Waals surface area contributed by atoms with Gasteiger partial charge >= 0.3 is 5.97 Å². The van der Waals surface area contributed by atoms with Gasteiger partial charge in [0.2, 0.25) is 5.91 Å². The van der Waals surface area contributed by atoms with E-state index in [2.05, 4.69) is 10.2 Å². The molecule has 1 saturated heterocycles. The van der Waals surface area contributed by atoms with Crippen molar-refractivity contribution in [3.05, 3.63) is 61.4 Å². The average molecular weight is 487 g/mol. The Balaban J connectivity index is 1.76. The maximum Gasteiger partial charge on any atom is 0.333 e. The number of aromatic amines is 1. The van der Waals surface area contributed by atoms with Gasteiger partial charge in [-0.15, -0.1) is 11.3 Å². The predicted octanol–water partition coefficient (Wildman–Crippen LogP) is 0.470. The summed E-state index contributed by atoms with van der Waals surface area (Å²) >= 11 is 1.07. The number of amides is 1. The Morgan fingerprint density at radius 3 is 2.71 bits per heavy atom. The zero-order valence-electron chi connectivity index (χ0n) is 18.5. The number of halogens is 1. The number of hydrogen-bond acceptors (Lipinski definition) is 7. The fourth-order valence-corrected chi connectivity index (χ4v) is 4.54. The van der Waals surface area contributed by atoms with Crippen LogP contribution in [-0.2, 0) is 25.6 Å². The minimum atomic E-state index is -0.599. The first-order valence-electron chi connectivity index (χ1n) is 10.7. The first-order chi connectivity index (χ1) is 16.5. The van der Waals surface area contributed by atoms with Gasteiger partial charge in [-0.3, -0.25) is 19.3 Å². The highest BCUT2D eigenvalue weighted by atomic mass is 32.1. The van der Waals surface area contributed by atoms with Crippen molar-refractivity contribution in [2.24, 2.45) is 0 Å². The molecular formula is C23H23FN4O5S. The fourth-order valence-electron chi connectivity index (χ4n) is 3.52. The minimum Gasteiger partial charge on any atom is -0.463 e. The molecule has 3 aromatic rings. The van der Waals surface area contributed by atoms with Crippen LogP contribution in [-0.4, -0.2) is 64.5 Å². The fraction of sp³-hybridized carbons (Fsp3) is 0.304. The highest BCUT2D eigenvalue weighted by Gasteiger charge is 2.19. The molecule has 0 atom stereocenters. The van der Waals surface area contributed by atoms with Crippen molar-refractivity contribution in [2.75, 3.05) is 32.9 Å². The molecule has 0 radical (unpaired) electrons. The van der Waals surface area contributed by atoms with E-state index >= 15 is 0 Å². The van der Waals surface area contributed by atoms with Crippen LogP contribution in [0.1, 0.15) is 12.5 Å². The molecule has 34 heavy (non-hydrogen) atoms. The number of nitrogens with one attached hydrogen (secondary N) is 1. The molecule has 11 heteroatoms. The summed E-state index contributed by atoms with van der Waals surface area (Å²) in [5.41, 5.74) is 1.51. The van der Waals surface area contributed by atoms with Crippen LogP contribution in [0, 0.1) is 5.82 Å². The minimum absolute atomic E-state index is 0.187. The summed E-state index contributed by atoms with van der Waals surface area (Å²) < 4.78 is 25.5. The van der Waals surface area contributed by atoms with Crippen molar-refractivity contribution in [3.8, 4) is 11.3 Å². The number of carbonyl (C=O) groups is 2. The second-order valence-corrected chi connectivity index (χ2v) is 8.50. The van der Waals surface area contributed by atoms with Crippen molar-refractivity contribution in [2.45, 2.75) is 13.5 Å². The number of carbonyl (C=O) groups excluding carboxylic acids is 2. The Morgan fingerprint density at radius 2 is 2.00 bits per heavy atom. The van der Waals surface area contributed by atoms with Crippen LogP contribution in [0.25, 0.3) is 23.4 Å². The Labute approximate surface area is 197 Å². The number of thiazole rings is 1. The zero-order chi connectivity index (χ0) is 24.1. The van der Waals surface area contributed by atoms with Gasteiger partial charge in [0.1, 0.15) is 17.0 Å². The van der Waals surface area contributed by atoms with Gasteiger partial charge in [-0.2, -0.15) is 5.10 Å². The summed E-state index contributed by atoms with van der Waals surface area (Å²) in [6.07, 6.45) is 4.40. The van der Waals surface area contributed by atoms with E-state index in [-0.39, 0.29) is 24.9 Å². The summed E-state index contributed by atoms with van der Waals surface area (Å²) in [5, 5.41) is 6.91. The highest BCUT2D eigenvalue weighted by Crippen LogP contribution is 2.21. The van der Waals surface area contributed by atoms with Crippen molar-refractivity contribution in [1.82, 2.24) is 19.7 Å². The number of H-pyrrole nitrogens is 1. The first kappa shape index (κ1) is 23.6. The third-order valence-electron chi connectivity index (χ3n) is 5.21. The molecule has 9 nitrogen and oxygen atoms in total. The lowest BCUT2D eigenvalue weighted by atomic mass is 10.1. The molecule has 2 aromatic heterocycles. The second kappa shape index (κ2) is 10.6. The Morgan fingerprint density at radius 1 is 1.26 bits per heavy atom. The number of aromatic nitrogens is 3. The number of esters is 1. The number of rotatable bonds is 6. The molecule has 4 rings (SSSR count). The number of morpholine rings is 1. The number of hydrogen-bond donors (Lipinski definition) is 1. The van der Waals surface area contributed by atoms with Crippen LogP contribution in [0.5, 0.6) is 0 Å². The van der Waals surface area contributed by atoms with Gasteiger partial charge < -0.3 is 14.4 Å². The summed E-state index contributed by atoms with van der Waals surface area (Å²) in [6, 6.07) is 5.88. The molecule has 1 aliphatic rings. The summed E-state index contributed by atoms with van der Waals surface area (Å²) in [5.74, 6) is -1.19. The lowest BCUT2D eigenvalue weighted by molar-refractivity contribution is -0.136. The number of benzene rings is 1. The third-order valence-corrected chi connectivity index (χ3v) is 6.27. The Hall–Kier alpha value is -3.57. The van der Waals surface area contributed by atoms with E-state index < -0.39 is 11.5 Å². The molecular weight excluding hydrogens is 463 g/mol. The SMILES string of the molecule is CCOC(=O)/C=c1/s/c(=C/c2cn[nH]c2-c2ccc(F)cc2)c(=O)n1CC(=O)N1CCOCC1. The van der Waals surface area contributed by atoms with E-state index in [0.717, 1.165) is 11.3 Å². The van der Waals surface area contributed by atoms with Gasteiger partial charge in [-0.05, 0) is 37.3 Å². The van der Waals surface area contributed by atoms with Crippen molar-refractivity contribution >= 4 is 35.4 Å². The van der Waals surface area contributed by atoms with Crippen molar-refractivity contribution in [1.29, 1.82) is 0 Å².